The first kappa shape index (κ1) is 20.3. The summed E-state index contributed by atoms with van der Waals surface area (Å²) < 4.78 is 9.80. The van der Waals surface area contributed by atoms with Crippen molar-refractivity contribution in [2.24, 2.45) is 0 Å². The van der Waals surface area contributed by atoms with Crippen LogP contribution in [0.3, 0.4) is 0 Å². The van der Waals surface area contributed by atoms with Crippen molar-refractivity contribution < 1.29 is 23.9 Å². The van der Waals surface area contributed by atoms with Gasteiger partial charge in [0.25, 0.3) is 5.91 Å². The number of hydrogen-bond donors (Lipinski definition) is 1. The minimum Gasteiger partial charge on any atom is -0.465 e. The summed E-state index contributed by atoms with van der Waals surface area (Å²) in [7, 11) is 1.32. The number of nitrogens with one attached hydrogen (secondary N) is 1. The Balaban J connectivity index is 1.51. The van der Waals surface area contributed by atoms with E-state index in [-0.39, 0.29) is 13.2 Å². The van der Waals surface area contributed by atoms with Gasteiger partial charge in [0.15, 0.2) is 6.61 Å². The molecule has 7 heteroatoms. The Morgan fingerprint density at radius 3 is 2.34 bits per heavy atom. The third kappa shape index (κ3) is 5.30. The van der Waals surface area contributed by atoms with Gasteiger partial charge < -0.3 is 14.8 Å². The first-order valence-electron chi connectivity index (χ1n) is 8.82. The summed E-state index contributed by atoms with van der Waals surface area (Å²) in [4.78, 5) is 36.3. The lowest BCUT2D eigenvalue weighted by molar-refractivity contribution is -0.124. The SMILES string of the molecule is COC(=O)c1ccc(CNC(=O)COC(=O)c2sccc2-c2ccccc2)cc1. The lowest BCUT2D eigenvalue weighted by Gasteiger charge is -2.08. The average Bonchev–Trinajstić information content (AvgIpc) is 3.26. The second-order valence-corrected chi connectivity index (χ2v) is 6.99. The van der Waals surface area contributed by atoms with Gasteiger partial charge in [-0.2, -0.15) is 0 Å². The van der Waals surface area contributed by atoms with E-state index in [1.54, 1.807) is 24.3 Å². The van der Waals surface area contributed by atoms with Gasteiger partial charge in [-0.1, -0.05) is 42.5 Å². The van der Waals surface area contributed by atoms with Crippen LogP contribution in [0.15, 0.2) is 66.0 Å². The zero-order chi connectivity index (χ0) is 20.6. The quantitative estimate of drug-likeness (QED) is 0.602. The van der Waals surface area contributed by atoms with Crippen LogP contribution >= 0.6 is 11.3 Å². The summed E-state index contributed by atoms with van der Waals surface area (Å²) in [6, 6.07) is 18.1. The summed E-state index contributed by atoms with van der Waals surface area (Å²) in [5.74, 6) is -1.36. The van der Waals surface area contributed by atoms with Crippen LogP contribution in [0.5, 0.6) is 0 Å². The van der Waals surface area contributed by atoms with E-state index in [0.717, 1.165) is 16.7 Å². The highest BCUT2D eigenvalue weighted by Gasteiger charge is 2.17. The molecule has 0 fully saturated rings. The standard InChI is InChI=1S/C22H19NO5S/c1-27-21(25)17-9-7-15(8-10-17)13-23-19(24)14-28-22(26)20-18(11-12-29-20)16-5-3-2-4-6-16/h2-12H,13-14H2,1H3,(H,23,24). The molecule has 148 valence electrons. The predicted molar refractivity (Wildman–Crippen MR) is 110 cm³/mol. The first-order chi connectivity index (χ1) is 14.1. The molecule has 1 aromatic heterocycles. The normalized spacial score (nSPS) is 10.2. The van der Waals surface area contributed by atoms with Crippen molar-refractivity contribution in [3.05, 3.63) is 82.0 Å². The van der Waals surface area contributed by atoms with Crippen LogP contribution in [-0.2, 0) is 20.8 Å². The van der Waals surface area contributed by atoms with Crippen LogP contribution in [0.25, 0.3) is 11.1 Å². The molecular weight excluding hydrogens is 390 g/mol. The van der Waals surface area contributed by atoms with Crippen LogP contribution in [0.2, 0.25) is 0 Å². The molecule has 1 amide bonds. The number of carbonyl (C=O) groups is 3. The topological polar surface area (TPSA) is 81.7 Å². The Morgan fingerprint density at radius 1 is 0.931 bits per heavy atom. The van der Waals surface area contributed by atoms with Crippen molar-refractivity contribution in [2.45, 2.75) is 6.54 Å². The number of methoxy groups -OCH3 is 1. The molecule has 29 heavy (non-hydrogen) atoms. The van der Waals surface area contributed by atoms with Crippen LogP contribution in [0.4, 0.5) is 0 Å². The maximum Gasteiger partial charge on any atom is 0.349 e. The minimum atomic E-state index is -0.531. The van der Waals surface area contributed by atoms with E-state index in [9.17, 15) is 14.4 Å². The molecule has 3 aromatic rings. The molecule has 3 rings (SSSR count). The number of ether oxygens (including phenoxy) is 2. The molecule has 0 radical (unpaired) electrons. The van der Waals surface area contributed by atoms with Gasteiger partial charge in [0.05, 0.1) is 12.7 Å². The van der Waals surface area contributed by atoms with Gasteiger partial charge in [0, 0.05) is 12.1 Å². The molecular formula is C22H19NO5S. The van der Waals surface area contributed by atoms with Gasteiger partial charge in [-0.05, 0) is 34.7 Å². The fourth-order valence-corrected chi connectivity index (χ4v) is 3.45. The molecule has 0 unspecified atom stereocenters. The average molecular weight is 409 g/mol. The van der Waals surface area contributed by atoms with Gasteiger partial charge >= 0.3 is 11.9 Å². The fraction of sp³-hybridized carbons (Fsp3) is 0.136. The van der Waals surface area contributed by atoms with Crippen molar-refractivity contribution >= 4 is 29.2 Å². The Bertz CT molecular complexity index is 996. The van der Waals surface area contributed by atoms with Crippen LogP contribution < -0.4 is 5.32 Å². The van der Waals surface area contributed by atoms with Gasteiger partial charge in [0.2, 0.25) is 0 Å². The highest BCUT2D eigenvalue weighted by atomic mass is 32.1. The van der Waals surface area contributed by atoms with Crippen LogP contribution in [0, 0.1) is 0 Å². The lowest BCUT2D eigenvalue weighted by Crippen LogP contribution is -2.28. The number of esters is 2. The number of carbonyl (C=O) groups excluding carboxylic acids is 3. The molecule has 0 atom stereocenters. The Labute approximate surface area is 172 Å². The maximum atomic E-state index is 12.4. The summed E-state index contributed by atoms with van der Waals surface area (Å²) in [6.45, 7) is -0.114. The molecule has 0 spiro atoms. The van der Waals surface area contributed by atoms with E-state index < -0.39 is 17.8 Å². The minimum absolute atomic E-state index is 0.256. The van der Waals surface area contributed by atoms with E-state index in [2.05, 4.69) is 10.1 Å². The summed E-state index contributed by atoms with van der Waals surface area (Å²) in [5, 5.41) is 4.50. The zero-order valence-electron chi connectivity index (χ0n) is 15.7. The largest absolute Gasteiger partial charge is 0.465 e. The number of thiophene rings is 1. The van der Waals surface area contributed by atoms with Gasteiger partial charge in [-0.3, -0.25) is 4.79 Å². The van der Waals surface area contributed by atoms with Gasteiger partial charge in [0.1, 0.15) is 4.88 Å². The second kappa shape index (κ2) is 9.66. The van der Waals surface area contributed by atoms with Gasteiger partial charge in [-0.15, -0.1) is 11.3 Å². The van der Waals surface area contributed by atoms with Crippen molar-refractivity contribution in [1.82, 2.24) is 5.32 Å². The number of rotatable bonds is 7. The molecule has 0 aliphatic rings. The molecule has 2 aromatic carbocycles. The monoisotopic (exact) mass is 409 g/mol. The number of hydrogen-bond acceptors (Lipinski definition) is 6. The van der Waals surface area contributed by atoms with Crippen LogP contribution in [-0.4, -0.2) is 31.6 Å². The van der Waals surface area contributed by atoms with E-state index >= 15 is 0 Å². The second-order valence-electron chi connectivity index (χ2n) is 6.07. The van der Waals surface area contributed by atoms with E-state index in [0.29, 0.717) is 10.4 Å². The van der Waals surface area contributed by atoms with Crippen molar-refractivity contribution in [3.63, 3.8) is 0 Å². The highest BCUT2D eigenvalue weighted by molar-refractivity contribution is 7.12. The summed E-state index contributed by atoms with van der Waals surface area (Å²) in [6.07, 6.45) is 0. The first-order valence-corrected chi connectivity index (χ1v) is 9.70. The summed E-state index contributed by atoms with van der Waals surface area (Å²) >= 11 is 1.28. The van der Waals surface area contributed by atoms with Crippen molar-refractivity contribution in [1.29, 1.82) is 0 Å². The molecule has 0 aliphatic heterocycles. The molecule has 0 aliphatic carbocycles. The third-order valence-corrected chi connectivity index (χ3v) is 5.03. The molecule has 1 N–H and O–H groups in total. The third-order valence-electron chi connectivity index (χ3n) is 4.13. The number of benzene rings is 2. The van der Waals surface area contributed by atoms with Gasteiger partial charge in [-0.25, -0.2) is 9.59 Å². The van der Waals surface area contributed by atoms with Crippen molar-refractivity contribution in [2.75, 3.05) is 13.7 Å². The smallest absolute Gasteiger partial charge is 0.349 e. The molecule has 0 bridgehead atoms. The van der Waals surface area contributed by atoms with E-state index in [1.165, 1.54) is 18.4 Å². The van der Waals surface area contributed by atoms with E-state index in [4.69, 9.17) is 4.74 Å². The van der Waals surface area contributed by atoms with E-state index in [1.807, 2.05) is 41.8 Å². The number of amides is 1. The highest BCUT2D eigenvalue weighted by Crippen LogP contribution is 2.28. The molecule has 6 nitrogen and oxygen atoms in total. The Kier molecular flexibility index (Phi) is 6.76. The van der Waals surface area contributed by atoms with Crippen molar-refractivity contribution in [3.8, 4) is 11.1 Å². The zero-order valence-corrected chi connectivity index (χ0v) is 16.5. The molecule has 0 saturated carbocycles. The molecule has 0 saturated heterocycles. The predicted octanol–water partition coefficient (Wildman–Crippen LogP) is 3.67. The Morgan fingerprint density at radius 2 is 1.66 bits per heavy atom. The summed E-state index contributed by atoms with van der Waals surface area (Å²) in [5.41, 5.74) is 2.94. The maximum absolute atomic E-state index is 12.4. The molecule has 1 heterocycles. The lowest BCUT2D eigenvalue weighted by atomic mass is 10.1. The Hall–Kier alpha value is -3.45. The fourth-order valence-electron chi connectivity index (χ4n) is 2.64. The van der Waals surface area contributed by atoms with Crippen LogP contribution in [0.1, 0.15) is 25.6 Å².